The summed E-state index contributed by atoms with van der Waals surface area (Å²) in [6.45, 7) is 3.35. The van der Waals surface area contributed by atoms with Crippen molar-refractivity contribution in [3.63, 3.8) is 0 Å². The third-order valence-electron chi connectivity index (χ3n) is 5.03. The lowest BCUT2D eigenvalue weighted by atomic mass is 9.85. The predicted octanol–water partition coefficient (Wildman–Crippen LogP) is 3.06. The van der Waals surface area contributed by atoms with Gasteiger partial charge in [-0.2, -0.15) is 5.10 Å². The number of nitrogens with zero attached hydrogens (tertiary/aromatic N) is 3. The van der Waals surface area contributed by atoms with Crippen molar-refractivity contribution in [2.75, 3.05) is 26.4 Å². The van der Waals surface area contributed by atoms with Gasteiger partial charge >= 0.3 is 0 Å². The molecule has 0 bridgehead atoms. The number of rotatable bonds is 3. The molecule has 0 spiro atoms. The summed E-state index contributed by atoms with van der Waals surface area (Å²) in [5, 5.41) is 4.52. The number of hydrogen-bond donors (Lipinski definition) is 0. The molecule has 0 aliphatic carbocycles. The fraction of sp³-hybridized carbons (Fsp3) is 0.556. The van der Waals surface area contributed by atoms with Crippen LogP contribution in [0.5, 0.6) is 0 Å². The van der Waals surface area contributed by atoms with Gasteiger partial charge in [-0.05, 0) is 54.7 Å². The third kappa shape index (κ3) is 3.03. The molecule has 0 amide bonds. The normalized spacial score (nSPS) is 20.7. The summed E-state index contributed by atoms with van der Waals surface area (Å²) < 4.78 is 13.1. The summed E-state index contributed by atoms with van der Waals surface area (Å²) in [6.07, 6.45) is 12.2. The molecule has 0 unspecified atom stereocenters. The quantitative estimate of drug-likeness (QED) is 0.874. The second-order valence-electron chi connectivity index (χ2n) is 6.39. The van der Waals surface area contributed by atoms with E-state index in [4.69, 9.17) is 9.47 Å². The van der Waals surface area contributed by atoms with Gasteiger partial charge in [0.25, 0.3) is 0 Å². The molecular weight excluding hydrogens is 290 g/mol. The van der Waals surface area contributed by atoms with Gasteiger partial charge in [-0.3, -0.25) is 4.98 Å². The lowest BCUT2D eigenvalue weighted by molar-refractivity contribution is 0.0839. The van der Waals surface area contributed by atoms with Crippen LogP contribution >= 0.6 is 0 Å². The lowest BCUT2D eigenvalue weighted by Gasteiger charge is -2.29. The molecule has 23 heavy (non-hydrogen) atoms. The van der Waals surface area contributed by atoms with Crippen molar-refractivity contribution in [3.8, 4) is 5.69 Å². The van der Waals surface area contributed by atoms with Crippen molar-refractivity contribution < 1.29 is 9.47 Å². The van der Waals surface area contributed by atoms with Gasteiger partial charge in [-0.15, -0.1) is 0 Å². The average Bonchev–Trinajstić information content (AvgIpc) is 3.17. The fourth-order valence-corrected chi connectivity index (χ4v) is 3.77. The van der Waals surface area contributed by atoms with Crippen LogP contribution in [-0.4, -0.2) is 41.2 Å². The van der Waals surface area contributed by atoms with E-state index in [1.165, 1.54) is 16.8 Å². The number of pyridine rings is 1. The zero-order valence-electron chi connectivity index (χ0n) is 13.4. The molecule has 2 aliphatic heterocycles. The van der Waals surface area contributed by atoms with Gasteiger partial charge < -0.3 is 9.47 Å². The molecule has 5 heteroatoms. The topological polar surface area (TPSA) is 49.2 Å². The largest absolute Gasteiger partial charge is 0.381 e. The first-order valence-corrected chi connectivity index (χ1v) is 8.57. The van der Waals surface area contributed by atoms with Crippen LogP contribution in [0.4, 0.5) is 0 Å². The van der Waals surface area contributed by atoms with Crippen LogP contribution in [0.3, 0.4) is 0 Å². The second-order valence-corrected chi connectivity index (χ2v) is 6.39. The van der Waals surface area contributed by atoms with Gasteiger partial charge in [0, 0.05) is 51.2 Å². The minimum absolute atomic E-state index is 0.509. The third-order valence-corrected chi connectivity index (χ3v) is 5.03. The summed E-state index contributed by atoms with van der Waals surface area (Å²) in [5.41, 5.74) is 3.88. The lowest BCUT2D eigenvalue weighted by Crippen LogP contribution is -2.20. The van der Waals surface area contributed by atoms with Gasteiger partial charge in [0.1, 0.15) is 0 Å². The van der Waals surface area contributed by atoms with Crippen LogP contribution in [0.25, 0.3) is 5.69 Å². The molecule has 4 heterocycles. The summed E-state index contributed by atoms with van der Waals surface area (Å²) in [5.74, 6) is 1.02. The molecule has 2 aromatic heterocycles. The van der Waals surface area contributed by atoms with Crippen LogP contribution < -0.4 is 0 Å². The Balaban J connectivity index is 1.78. The monoisotopic (exact) mass is 313 g/mol. The van der Waals surface area contributed by atoms with E-state index >= 15 is 0 Å². The van der Waals surface area contributed by atoms with Gasteiger partial charge in [-0.25, -0.2) is 4.68 Å². The van der Waals surface area contributed by atoms with Crippen LogP contribution in [0.2, 0.25) is 0 Å². The molecule has 0 aromatic carbocycles. The first kappa shape index (κ1) is 14.8. The molecule has 0 N–H and O–H groups in total. The van der Waals surface area contributed by atoms with Crippen molar-refractivity contribution in [3.05, 3.63) is 42.0 Å². The minimum Gasteiger partial charge on any atom is -0.381 e. The number of aromatic nitrogens is 3. The first-order valence-electron chi connectivity index (χ1n) is 8.57. The van der Waals surface area contributed by atoms with E-state index in [2.05, 4.69) is 10.1 Å². The summed E-state index contributed by atoms with van der Waals surface area (Å²) >= 11 is 0. The highest BCUT2D eigenvalue weighted by atomic mass is 16.5. The zero-order chi connectivity index (χ0) is 15.5. The average molecular weight is 313 g/mol. The Labute approximate surface area is 136 Å². The maximum Gasteiger partial charge on any atom is 0.0745 e. The molecule has 2 saturated heterocycles. The molecule has 0 radical (unpaired) electrons. The molecule has 4 rings (SSSR count). The first-order chi connectivity index (χ1) is 11.4. The Hall–Kier alpha value is -1.72. The van der Waals surface area contributed by atoms with Crippen molar-refractivity contribution >= 4 is 0 Å². The minimum atomic E-state index is 0.509. The van der Waals surface area contributed by atoms with Gasteiger partial charge in [0.05, 0.1) is 5.69 Å². The van der Waals surface area contributed by atoms with E-state index in [1.54, 1.807) is 0 Å². The Morgan fingerprint density at radius 2 is 1.43 bits per heavy atom. The van der Waals surface area contributed by atoms with Crippen molar-refractivity contribution in [2.45, 2.75) is 37.5 Å². The standard InChI is InChI=1S/C18H23N3O2/c1-6-20-21(7-1)18-16(14-2-8-22-9-3-14)12-19-13-17(18)15-4-10-23-11-5-15/h1,6-7,12-15H,2-5,8-11H2. The Kier molecular flexibility index (Phi) is 4.39. The number of ether oxygens (including phenoxy) is 2. The van der Waals surface area contributed by atoms with Gasteiger partial charge in [0.15, 0.2) is 0 Å². The molecular formula is C18H23N3O2. The Morgan fingerprint density at radius 3 is 1.91 bits per heavy atom. The van der Waals surface area contributed by atoms with E-state index in [1.807, 2.05) is 35.5 Å². The van der Waals surface area contributed by atoms with Crippen LogP contribution in [0, 0.1) is 0 Å². The van der Waals surface area contributed by atoms with Crippen LogP contribution in [0.1, 0.15) is 48.6 Å². The highest BCUT2D eigenvalue weighted by molar-refractivity contribution is 5.49. The van der Waals surface area contributed by atoms with Gasteiger partial charge in [0.2, 0.25) is 0 Å². The van der Waals surface area contributed by atoms with Crippen LogP contribution in [0.15, 0.2) is 30.9 Å². The molecule has 2 fully saturated rings. The maximum absolute atomic E-state index is 5.54. The number of hydrogen-bond acceptors (Lipinski definition) is 4. The molecule has 2 aliphatic rings. The predicted molar refractivity (Wildman–Crippen MR) is 86.9 cm³/mol. The van der Waals surface area contributed by atoms with Crippen molar-refractivity contribution in [1.29, 1.82) is 0 Å². The Bertz CT molecular complexity index is 593. The van der Waals surface area contributed by atoms with E-state index in [9.17, 15) is 0 Å². The summed E-state index contributed by atoms with van der Waals surface area (Å²) in [7, 11) is 0. The van der Waals surface area contributed by atoms with E-state index < -0.39 is 0 Å². The molecule has 5 nitrogen and oxygen atoms in total. The molecule has 0 saturated carbocycles. The smallest absolute Gasteiger partial charge is 0.0745 e. The fourth-order valence-electron chi connectivity index (χ4n) is 3.77. The highest BCUT2D eigenvalue weighted by Gasteiger charge is 2.26. The van der Waals surface area contributed by atoms with Crippen molar-refractivity contribution in [2.24, 2.45) is 0 Å². The molecule has 2 aromatic rings. The molecule has 122 valence electrons. The summed E-state index contributed by atoms with van der Waals surface area (Å²) in [6, 6.07) is 1.99. The van der Waals surface area contributed by atoms with E-state index in [0.29, 0.717) is 11.8 Å². The SMILES string of the molecule is c1cnn(-c2c(C3CCOCC3)cncc2C2CCOCC2)c1. The van der Waals surface area contributed by atoms with E-state index in [-0.39, 0.29) is 0 Å². The summed E-state index contributed by atoms with van der Waals surface area (Å²) in [4.78, 5) is 4.58. The van der Waals surface area contributed by atoms with Gasteiger partial charge in [-0.1, -0.05) is 0 Å². The second kappa shape index (κ2) is 6.81. The maximum atomic E-state index is 5.54. The van der Waals surface area contributed by atoms with Crippen LogP contribution in [-0.2, 0) is 9.47 Å². The van der Waals surface area contributed by atoms with Crippen molar-refractivity contribution in [1.82, 2.24) is 14.8 Å². The molecule has 0 atom stereocenters. The highest BCUT2D eigenvalue weighted by Crippen LogP contribution is 2.37. The zero-order valence-corrected chi connectivity index (χ0v) is 13.4. The van der Waals surface area contributed by atoms with E-state index in [0.717, 1.165) is 52.1 Å². The Morgan fingerprint density at radius 1 is 0.870 bits per heavy atom.